The van der Waals surface area contributed by atoms with E-state index in [0.717, 1.165) is 6.42 Å². The predicted molar refractivity (Wildman–Crippen MR) is 85.2 cm³/mol. The highest BCUT2D eigenvalue weighted by molar-refractivity contribution is 5.81. The van der Waals surface area contributed by atoms with Crippen molar-refractivity contribution in [3.05, 3.63) is 82.5 Å². The molecular formula is C20H18. The van der Waals surface area contributed by atoms with Crippen LogP contribution in [0.3, 0.4) is 0 Å². The van der Waals surface area contributed by atoms with E-state index in [1.807, 2.05) is 0 Å². The van der Waals surface area contributed by atoms with Gasteiger partial charge in [-0.2, -0.15) is 0 Å². The third-order valence-electron chi connectivity index (χ3n) is 4.80. The second kappa shape index (κ2) is 4.21. The SMILES string of the molecule is Cc1c(C2C=CC=C2)cc2c(c1C)-c1ccccc1C2. The molecule has 0 saturated heterocycles. The minimum Gasteiger partial charge on any atom is -0.0732 e. The maximum Gasteiger partial charge on any atom is 0.0207 e. The second-order valence-electron chi connectivity index (χ2n) is 5.88. The summed E-state index contributed by atoms with van der Waals surface area (Å²) in [6.07, 6.45) is 9.97. The van der Waals surface area contributed by atoms with Gasteiger partial charge in [0.25, 0.3) is 0 Å². The summed E-state index contributed by atoms with van der Waals surface area (Å²) in [7, 11) is 0. The van der Waals surface area contributed by atoms with Crippen LogP contribution in [0.25, 0.3) is 11.1 Å². The smallest absolute Gasteiger partial charge is 0.0207 e. The predicted octanol–water partition coefficient (Wildman–Crippen LogP) is 5.08. The van der Waals surface area contributed by atoms with Gasteiger partial charge in [-0.05, 0) is 59.2 Å². The number of hydrogen-bond donors (Lipinski definition) is 0. The van der Waals surface area contributed by atoms with Crippen LogP contribution in [0.2, 0.25) is 0 Å². The summed E-state index contributed by atoms with van der Waals surface area (Å²) >= 11 is 0. The third kappa shape index (κ3) is 1.54. The van der Waals surface area contributed by atoms with Gasteiger partial charge in [0.15, 0.2) is 0 Å². The van der Waals surface area contributed by atoms with Crippen LogP contribution in [0.4, 0.5) is 0 Å². The third-order valence-corrected chi connectivity index (χ3v) is 4.80. The second-order valence-corrected chi connectivity index (χ2v) is 5.88. The van der Waals surface area contributed by atoms with Crippen LogP contribution in [-0.2, 0) is 6.42 Å². The van der Waals surface area contributed by atoms with Crippen LogP contribution in [-0.4, -0.2) is 0 Å². The quantitative estimate of drug-likeness (QED) is 0.570. The molecule has 0 fully saturated rings. The Bertz CT molecular complexity index is 748. The number of allylic oxidation sites excluding steroid dienone is 4. The number of rotatable bonds is 1. The van der Waals surface area contributed by atoms with Gasteiger partial charge in [0, 0.05) is 5.92 Å². The molecule has 2 aromatic carbocycles. The standard InChI is InChI=1S/C20H18/c1-13-14(2)20-17(11-16-9-5-6-10-18(16)20)12-19(13)15-7-3-4-8-15/h3-10,12,15H,11H2,1-2H3. The molecule has 0 aromatic heterocycles. The molecule has 20 heavy (non-hydrogen) atoms. The van der Waals surface area contributed by atoms with E-state index in [2.05, 4.69) is 68.5 Å². The number of hydrogen-bond acceptors (Lipinski definition) is 0. The Labute approximate surface area is 120 Å². The maximum absolute atomic E-state index is 2.43. The molecule has 0 radical (unpaired) electrons. The molecule has 2 aromatic rings. The first-order chi connectivity index (χ1) is 9.75. The summed E-state index contributed by atoms with van der Waals surface area (Å²) in [5.41, 5.74) is 10.3. The normalized spacial score (nSPS) is 15.7. The Morgan fingerprint density at radius 1 is 0.900 bits per heavy atom. The first-order valence-electron chi connectivity index (χ1n) is 7.32. The Hall–Kier alpha value is -2.08. The van der Waals surface area contributed by atoms with Crippen molar-refractivity contribution in [3.8, 4) is 11.1 Å². The average molecular weight is 258 g/mol. The number of fused-ring (bicyclic) bond motifs is 3. The lowest BCUT2D eigenvalue weighted by molar-refractivity contribution is 1.05. The largest absolute Gasteiger partial charge is 0.0732 e. The van der Waals surface area contributed by atoms with Crippen molar-refractivity contribution < 1.29 is 0 Å². The monoisotopic (exact) mass is 258 g/mol. The van der Waals surface area contributed by atoms with E-state index >= 15 is 0 Å². The van der Waals surface area contributed by atoms with E-state index in [9.17, 15) is 0 Å². The van der Waals surface area contributed by atoms with Gasteiger partial charge >= 0.3 is 0 Å². The molecule has 0 heteroatoms. The molecule has 0 heterocycles. The molecular weight excluding hydrogens is 240 g/mol. The van der Waals surface area contributed by atoms with Crippen molar-refractivity contribution in [3.63, 3.8) is 0 Å². The summed E-state index contributed by atoms with van der Waals surface area (Å²) in [5, 5.41) is 0. The lowest BCUT2D eigenvalue weighted by atomic mass is 9.87. The highest BCUT2D eigenvalue weighted by atomic mass is 14.3. The van der Waals surface area contributed by atoms with Gasteiger partial charge in [0.2, 0.25) is 0 Å². The molecule has 0 N–H and O–H groups in total. The minimum atomic E-state index is 0.461. The molecule has 4 rings (SSSR count). The lowest BCUT2D eigenvalue weighted by Crippen LogP contribution is -1.99. The first-order valence-corrected chi connectivity index (χ1v) is 7.32. The molecule has 2 aliphatic carbocycles. The maximum atomic E-state index is 2.43. The van der Waals surface area contributed by atoms with Crippen molar-refractivity contribution in [2.45, 2.75) is 26.2 Å². The van der Waals surface area contributed by atoms with Crippen LogP contribution in [0.15, 0.2) is 54.6 Å². The van der Waals surface area contributed by atoms with Crippen molar-refractivity contribution in [2.75, 3.05) is 0 Å². The van der Waals surface area contributed by atoms with Crippen molar-refractivity contribution in [1.82, 2.24) is 0 Å². The van der Waals surface area contributed by atoms with Crippen LogP contribution in [0, 0.1) is 13.8 Å². The van der Waals surface area contributed by atoms with E-state index in [0.29, 0.717) is 5.92 Å². The molecule has 0 spiro atoms. The zero-order valence-electron chi connectivity index (χ0n) is 12.0. The summed E-state index contributed by atoms with van der Waals surface area (Å²) in [4.78, 5) is 0. The van der Waals surface area contributed by atoms with Gasteiger partial charge in [0.1, 0.15) is 0 Å². The summed E-state index contributed by atoms with van der Waals surface area (Å²) in [6, 6.07) is 11.3. The highest BCUT2D eigenvalue weighted by Crippen LogP contribution is 2.42. The fourth-order valence-electron chi connectivity index (χ4n) is 3.64. The Balaban J connectivity index is 1.94. The molecule has 0 nitrogen and oxygen atoms in total. The van der Waals surface area contributed by atoms with Crippen molar-refractivity contribution in [2.24, 2.45) is 0 Å². The molecule has 0 saturated carbocycles. The zero-order valence-corrected chi connectivity index (χ0v) is 12.0. The van der Waals surface area contributed by atoms with Gasteiger partial charge in [-0.15, -0.1) is 0 Å². The molecule has 0 unspecified atom stereocenters. The number of benzene rings is 2. The summed E-state index contributed by atoms with van der Waals surface area (Å²) in [5.74, 6) is 0.461. The van der Waals surface area contributed by atoms with Crippen LogP contribution >= 0.6 is 0 Å². The molecule has 0 aliphatic heterocycles. The molecule has 98 valence electrons. The van der Waals surface area contributed by atoms with Gasteiger partial charge < -0.3 is 0 Å². The zero-order chi connectivity index (χ0) is 13.7. The van der Waals surface area contributed by atoms with Gasteiger partial charge in [-0.25, -0.2) is 0 Å². The van der Waals surface area contributed by atoms with Gasteiger partial charge in [-0.1, -0.05) is 54.6 Å². The first kappa shape index (κ1) is 11.7. The van der Waals surface area contributed by atoms with Crippen LogP contribution < -0.4 is 0 Å². The van der Waals surface area contributed by atoms with Crippen molar-refractivity contribution in [1.29, 1.82) is 0 Å². The average Bonchev–Trinajstić information content (AvgIpc) is 3.09. The van der Waals surface area contributed by atoms with E-state index < -0.39 is 0 Å². The van der Waals surface area contributed by atoms with E-state index in [1.165, 1.54) is 38.9 Å². The molecule has 0 bridgehead atoms. The summed E-state index contributed by atoms with van der Waals surface area (Å²) < 4.78 is 0. The van der Waals surface area contributed by atoms with E-state index in [1.54, 1.807) is 0 Å². The Kier molecular flexibility index (Phi) is 2.47. The highest BCUT2D eigenvalue weighted by Gasteiger charge is 2.23. The lowest BCUT2D eigenvalue weighted by Gasteiger charge is -2.17. The van der Waals surface area contributed by atoms with E-state index in [-0.39, 0.29) is 0 Å². The minimum absolute atomic E-state index is 0.461. The Morgan fingerprint density at radius 2 is 1.65 bits per heavy atom. The van der Waals surface area contributed by atoms with Gasteiger partial charge in [0.05, 0.1) is 0 Å². The fraction of sp³-hybridized carbons (Fsp3) is 0.200. The van der Waals surface area contributed by atoms with Crippen LogP contribution in [0.1, 0.15) is 33.7 Å². The molecule has 0 amide bonds. The fourth-order valence-corrected chi connectivity index (χ4v) is 3.64. The van der Waals surface area contributed by atoms with Crippen LogP contribution in [0.5, 0.6) is 0 Å². The van der Waals surface area contributed by atoms with E-state index in [4.69, 9.17) is 0 Å². The topological polar surface area (TPSA) is 0 Å². The van der Waals surface area contributed by atoms with Gasteiger partial charge in [-0.3, -0.25) is 0 Å². The van der Waals surface area contributed by atoms with Crippen molar-refractivity contribution >= 4 is 0 Å². The molecule has 2 aliphatic rings. The molecule has 0 atom stereocenters. The summed E-state index contributed by atoms with van der Waals surface area (Å²) in [6.45, 7) is 4.55. The Morgan fingerprint density at radius 3 is 2.45 bits per heavy atom.